The van der Waals surface area contributed by atoms with E-state index >= 15 is 0 Å². The van der Waals surface area contributed by atoms with Gasteiger partial charge in [-0.15, -0.1) is 0 Å². The van der Waals surface area contributed by atoms with Crippen molar-refractivity contribution in [1.29, 1.82) is 0 Å². The summed E-state index contributed by atoms with van der Waals surface area (Å²) >= 11 is 5.51. The van der Waals surface area contributed by atoms with Gasteiger partial charge in [0.05, 0.1) is 10.7 Å². The molecule has 3 N–H and O–H groups in total. The van der Waals surface area contributed by atoms with Crippen LogP contribution < -0.4 is 10.5 Å². The Labute approximate surface area is 114 Å². The van der Waals surface area contributed by atoms with Crippen LogP contribution in [-0.4, -0.2) is 13.4 Å². The molecule has 0 saturated heterocycles. The number of pyridine rings is 1. The second-order valence-electron chi connectivity index (χ2n) is 3.62. The van der Waals surface area contributed by atoms with Crippen molar-refractivity contribution in [2.24, 2.45) is 0 Å². The van der Waals surface area contributed by atoms with Crippen molar-refractivity contribution in [1.82, 2.24) is 4.98 Å². The Morgan fingerprint density at radius 1 is 1.32 bits per heavy atom. The smallest absolute Gasteiger partial charge is 0.265 e. The lowest BCUT2D eigenvalue weighted by Gasteiger charge is -2.09. The van der Waals surface area contributed by atoms with Crippen LogP contribution >= 0.6 is 11.6 Å². The molecule has 0 bridgehead atoms. The van der Waals surface area contributed by atoms with Crippen molar-refractivity contribution in [3.63, 3.8) is 0 Å². The van der Waals surface area contributed by atoms with Gasteiger partial charge in [-0.3, -0.25) is 4.72 Å². The number of anilines is 2. The summed E-state index contributed by atoms with van der Waals surface area (Å²) in [6.07, 6.45) is 1.37. The predicted molar refractivity (Wildman–Crippen MR) is 70.9 cm³/mol. The third-order valence-corrected chi connectivity index (χ3v) is 4.00. The van der Waals surface area contributed by atoms with Gasteiger partial charge in [-0.05, 0) is 30.3 Å². The molecule has 8 heteroatoms. The fourth-order valence-corrected chi connectivity index (χ4v) is 2.65. The minimum atomic E-state index is -3.92. The Kier molecular flexibility index (Phi) is 3.59. The summed E-state index contributed by atoms with van der Waals surface area (Å²) in [6.45, 7) is 0. The third-order valence-electron chi connectivity index (χ3n) is 2.26. The van der Waals surface area contributed by atoms with Gasteiger partial charge in [0.1, 0.15) is 16.5 Å². The summed E-state index contributed by atoms with van der Waals surface area (Å²) in [5, 5.41) is -0.0937. The first-order valence-electron chi connectivity index (χ1n) is 5.08. The molecule has 5 nitrogen and oxygen atoms in total. The van der Waals surface area contributed by atoms with Crippen molar-refractivity contribution in [3.8, 4) is 0 Å². The molecule has 0 saturated carbocycles. The maximum atomic E-state index is 13.2. The molecular weight excluding hydrogens is 293 g/mol. The van der Waals surface area contributed by atoms with Gasteiger partial charge < -0.3 is 5.73 Å². The number of aromatic nitrogens is 1. The molecule has 2 rings (SSSR count). The summed E-state index contributed by atoms with van der Waals surface area (Å²) in [5.74, 6) is -0.856. The van der Waals surface area contributed by atoms with E-state index in [1.54, 1.807) is 0 Å². The highest BCUT2D eigenvalue weighted by Crippen LogP contribution is 2.22. The standard InChI is InChI=1S/C11H9ClFN3O2S/c12-8-4-3-7(6-9(8)13)16-19(17,18)10-2-1-5-15-11(10)14/h1-6,16H,(H2,14,15). The number of sulfonamides is 1. The molecule has 0 atom stereocenters. The largest absolute Gasteiger partial charge is 0.383 e. The number of nitrogens with one attached hydrogen (secondary N) is 1. The summed E-state index contributed by atoms with van der Waals surface area (Å²) < 4.78 is 39.5. The number of nitrogens with two attached hydrogens (primary N) is 1. The molecule has 0 fully saturated rings. The Morgan fingerprint density at radius 2 is 2.05 bits per heavy atom. The van der Waals surface area contributed by atoms with Crippen molar-refractivity contribution in [2.45, 2.75) is 4.90 Å². The van der Waals surface area contributed by atoms with Gasteiger partial charge in [0.25, 0.3) is 10.0 Å². The van der Waals surface area contributed by atoms with Crippen molar-refractivity contribution in [2.75, 3.05) is 10.5 Å². The second kappa shape index (κ2) is 5.02. The SMILES string of the molecule is Nc1ncccc1S(=O)(=O)Nc1ccc(Cl)c(F)c1. The molecule has 0 aliphatic rings. The zero-order chi connectivity index (χ0) is 14.0. The van der Waals surface area contributed by atoms with Crippen LogP contribution in [0.3, 0.4) is 0 Å². The summed E-state index contributed by atoms with van der Waals surface area (Å²) in [7, 11) is -3.92. The number of halogens is 2. The van der Waals surface area contributed by atoms with Crippen LogP contribution in [0, 0.1) is 5.82 Å². The summed E-state index contributed by atoms with van der Waals surface area (Å²) in [4.78, 5) is 3.51. The quantitative estimate of drug-likeness (QED) is 0.910. The highest BCUT2D eigenvalue weighted by molar-refractivity contribution is 7.92. The summed E-state index contributed by atoms with van der Waals surface area (Å²) in [6, 6.07) is 6.31. The number of benzene rings is 1. The Morgan fingerprint density at radius 3 is 2.68 bits per heavy atom. The minimum absolute atomic E-state index is 0.0464. The maximum absolute atomic E-state index is 13.2. The fourth-order valence-electron chi connectivity index (χ4n) is 1.40. The average molecular weight is 302 g/mol. The van der Waals surface area contributed by atoms with Crippen molar-refractivity contribution < 1.29 is 12.8 Å². The van der Waals surface area contributed by atoms with E-state index < -0.39 is 15.8 Å². The molecule has 0 radical (unpaired) electrons. The van der Waals surface area contributed by atoms with Gasteiger partial charge in [0.15, 0.2) is 0 Å². The highest BCUT2D eigenvalue weighted by Gasteiger charge is 2.18. The van der Waals surface area contributed by atoms with Crippen LogP contribution in [-0.2, 0) is 10.0 Å². The molecule has 19 heavy (non-hydrogen) atoms. The lowest BCUT2D eigenvalue weighted by atomic mass is 10.3. The molecule has 1 aromatic carbocycles. The lowest BCUT2D eigenvalue weighted by molar-refractivity contribution is 0.601. The molecule has 1 heterocycles. The molecule has 0 aliphatic carbocycles. The van der Waals surface area contributed by atoms with E-state index in [0.717, 1.165) is 6.07 Å². The first-order valence-corrected chi connectivity index (χ1v) is 6.94. The number of hydrogen-bond acceptors (Lipinski definition) is 4. The number of nitrogen functional groups attached to an aromatic ring is 1. The third kappa shape index (κ3) is 2.94. The summed E-state index contributed by atoms with van der Waals surface area (Å²) in [5.41, 5.74) is 5.54. The number of rotatable bonds is 3. The Balaban J connectivity index is 2.37. The van der Waals surface area contributed by atoms with Crippen molar-refractivity contribution >= 4 is 33.1 Å². The normalized spacial score (nSPS) is 11.3. The minimum Gasteiger partial charge on any atom is -0.383 e. The zero-order valence-corrected chi connectivity index (χ0v) is 11.0. The first-order chi connectivity index (χ1) is 8.90. The van der Waals surface area contributed by atoms with E-state index in [2.05, 4.69) is 9.71 Å². The molecule has 2 aromatic rings. The monoisotopic (exact) mass is 301 g/mol. The Hall–Kier alpha value is -1.86. The van der Waals surface area contributed by atoms with Crippen molar-refractivity contribution in [3.05, 3.63) is 47.4 Å². The fraction of sp³-hybridized carbons (Fsp3) is 0. The molecule has 0 unspecified atom stereocenters. The number of nitrogens with zero attached hydrogens (tertiary/aromatic N) is 1. The van der Waals surface area contributed by atoms with Crippen LogP contribution in [0.2, 0.25) is 5.02 Å². The lowest BCUT2D eigenvalue weighted by Crippen LogP contribution is -2.15. The average Bonchev–Trinajstić information content (AvgIpc) is 2.34. The molecule has 100 valence electrons. The van der Waals surface area contributed by atoms with Gasteiger partial charge in [-0.25, -0.2) is 17.8 Å². The van der Waals surface area contributed by atoms with Gasteiger partial charge in [0.2, 0.25) is 0 Å². The number of hydrogen-bond donors (Lipinski definition) is 2. The van der Waals surface area contributed by atoms with Gasteiger partial charge in [-0.2, -0.15) is 0 Å². The van der Waals surface area contributed by atoms with Gasteiger partial charge in [-0.1, -0.05) is 11.6 Å². The van der Waals surface area contributed by atoms with E-state index in [1.165, 1.54) is 30.5 Å². The van der Waals surface area contributed by atoms with E-state index in [4.69, 9.17) is 17.3 Å². The van der Waals surface area contributed by atoms with Gasteiger partial charge >= 0.3 is 0 Å². The molecule has 1 aromatic heterocycles. The van der Waals surface area contributed by atoms with Crippen LogP contribution in [0.15, 0.2) is 41.4 Å². The van der Waals surface area contributed by atoms with Crippen LogP contribution in [0.4, 0.5) is 15.9 Å². The van der Waals surface area contributed by atoms with Crippen LogP contribution in [0.25, 0.3) is 0 Å². The molecule has 0 amide bonds. The molecule has 0 spiro atoms. The Bertz CT molecular complexity index is 722. The first kappa shape index (κ1) is 13.6. The predicted octanol–water partition coefficient (Wildman–Crippen LogP) is 2.26. The van der Waals surface area contributed by atoms with E-state index in [9.17, 15) is 12.8 Å². The molecular formula is C11H9ClFN3O2S. The van der Waals surface area contributed by atoms with E-state index in [0.29, 0.717) is 0 Å². The van der Waals surface area contributed by atoms with Gasteiger partial charge in [0, 0.05) is 6.20 Å². The highest BCUT2D eigenvalue weighted by atomic mass is 35.5. The topological polar surface area (TPSA) is 85.1 Å². The maximum Gasteiger partial charge on any atom is 0.265 e. The van der Waals surface area contributed by atoms with E-state index in [1.807, 2.05) is 0 Å². The second-order valence-corrected chi connectivity index (χ2v) is 5.68. The molecule has 0 aliphatic heterocycles. The van der Waals surface area contributed by atoms with Crippen LogP contribution in [0.5, 0.6) is 0 Å². The van der Waals surface area contributed by atoms with E-state index in [-0.39, 0.29) is 21.4 Å². The zero-order valence-electron chi connectivity index (χ0n) is 9.47. The van der Waals surface area contributed by atoms with Crippen LogP contribution in [0.1, 0.15) is 0 Å².